The summed E-state index contributed by atoms with van der Waals surface area (Å²) in [5, 5.41) is 1.15. The zero-order valence-corrected chi connectivity index (χ0v) is 14.2. The van der Waals surface area contributed by atoms with Gasteiger partial charge in [0.15, 0.2) is 0 Å². The van der Waals surface area contributed by atoms with Crippen LogP contribution in [0.25, 0.3) is 10.2 Å². The second kappa shape index (κ2) is 5.72. The van der Waals surface area contributed by atoms with E-state index in [1.54, 1.807) is 17.7 Å². The molecule has 0 aromatic carbocycles. The Balaban J connectivity index is 1.51. The molecule has 6 nitrogen and oxygen atoms in total. The van der Waals surface area contributed by atoms with E-state index >= 15 is 0 Å². The molecule has 2 aromatic heterocycles. The van der Waals surface area contributed by atoms with Gasteiger partial charge in [-0.2, -0.15) is 0 Å². The zero-order chi connectivity index (χ0) is 16.0. The molecule has 2 aliphatic rings. The van der Waals surface area contributed by atoms with Gasteiger partial charge in [0.25, 0.3) is 0 Å². The van der Waals surface area contributed by atoms with Crippen LogP contribution in [0.4, 0.5) is 5.82 Å². The number of amides is 1. The van der Waals surface area contributed by atoms with Crippen molar-refractivity contribution in [3.63, 3.8) is 0 Å². The summed E-state index contributed by atoms with van der Waals surface area (Å²) in [5.74, 6) is 1.31. The Morgan fingerprint density at radius 1 is 1.26 bits per heavy atom. The first-order valence-corrected chi connectivity index (χ1v) is 8.79. The van der Waals surface area contributed by atoms with Crippen molar-refractivity contribution in [2.24, 2.45) is 5.92 Å². The molecule has 23 heavy (non-hydrogen) atoms. The second-order valence-electron chi connectivity index (χ2n) is 6.20. The number of anilines is 1. The fourth-order valence-electron chi connectivity index (χ4n) is 3.25. The third kappa shape index (κ3) is 2.48. The van der Waals surface area contributed by atoms with Crippen LogP contribution in [-0.2, 0) is 9.53 Å². The highest BCUT2D eigenvalue weighted by Crippen LogP contribution is 2.36. The smallest absolute Gasteiger partial charge is 0.229 e. The number of rotatable bonds is 2. The van der Waals surface area contributed by atoms with E-state index in [1.165, 1.54) is 10.4 Å². The van der Waals surface area contributed by atoms with Gasteiger partial charge in [-0.1, -0.05) is 0 Å². The lowest BCUT2D eigenvalue weighted by atomic mass is 9.97. The van der Waals surface area contributed by atoms with Gasteiger partial charge >= 0.3 is 0 Å². The molecule has 2 fully saturated rings. The molecular weight excluding hydrogens is 312 g/mol. The predicted molar refractivity (Wildman–Crippen MR) is 90.0 cm³/mol. The summed E-state index contributed by atoms with van der Waals surface area (Å²) in [6, 6.07) is 0. The molecule has 7 heteroatoms. The number of hydrogen-bond acceptors (Lipinski definition) is 6. The van der Waals surface area contributed by atoms with Crippen molar-refractivity contribution in [3.05, 3.63) is 16.8 Å². The standard InChI is InChI=1S/C16H20N4O2S/c1-10-11(2)23-15-13(10)14(17-9-18-15)20-7-12(8-20)16(21)19-3-5-22-6-4-19/h9,12H,3-8H2,1-2H3. The minimum atomic E-state index is 0.0816. The van der Waals surface area contributed by atoms with Crippen LogP contribution in [0.3, 0.4) is 0 Å². The molecule has 2 aliphatic heterocycles. The minimum absolute atomic E-state index is 0.0816. The quantitative estimate of drug-likeness (QED) is 0.836. The molecule has 0 radical (unpaired) electrons. The van der Waals surface area contributed by atoms with Gasteiger partial charge in [-0.25, -0.2) is 9.97 Å². The zero-order valence-electron chi connectivity index (χ0n) is 13.4. The molecule has 0 aliphatic carbocycles. The Morgan fingerprint density at radius 3 is 2.74 bits per heavy atom. The summed E-state index contributed by atoms with van der Waals surface area (Å²) >= 11 is 1.71. The molecule has 122 valence electrons. The van der Waals surface area contributed by atoms with Gasteiger partial charge in [0.05, 0.1) is 24.5 Å². The number of hydrogen-bond donors (Lipinski definition) is 0. The Labute approximate surface area is 139 Å². The number of fused-ring (bicyclic) bond motifs is 1. The molecule has 4 heterocycles. The van der Waals surface area contributed by atoms with Crippen LogP contribution in [0.2, 0.25) is 0 Å². The maximum Gasteiger partial charge on any atom is 0.229 e. The van der Waals surface area contributed by atoms with Gasteiger partial charge in [0.1, 0.15) is 17.0 Å². The molecule has 0 spiro atoms. The average molecular weight is 332 g/mol. The molecule has 0 saturated carbocycles. The molecule has 1 amide bonds. The van der Waals surface area contributed by atoms with E-state index in [0.29, 0.717) is 13.2 Å². The summed E-state index contributed by atoms with van der Waals surface area (Å²) in [6.07, 6.45) is 1.63. The monoisotopic (exact) mass is 332 g/mol. The average Bonchev–Trinajstić information content (AvgIpc) is 2.82. The van der Waals surface area contributed by atoms with Crippen molar-refractivity contribution in [2.45, 2.75) is 13.8 Å². The first-order valence-electron chi connectivity index (χ1n) is 7.97. The summed E-state index contributed by atoms with van der Waals surface area (Å²) in [7, 11) is 0. The van der Waals surface area contributed by atoms with Gasteiger partial charge in [-0.05, 0) is 19.4 Å². The van der Waals surface area contributed by atoms with Gasteiger partial charge < -0.3 is 14.5 Å². The van der Waals surface area contributed by atoms with Gasteiger partial charge in [0, 0.05) is 31.1 Å². The third-order valence-electron chi connectivity index (χ3n) is 4.80. The summed E-state index contributed by atoms with van der Waals surface area (Å²) in [4.78, 5) is 27.8. The van der Waals surface area contributed by atoms with Gasteiger partial charge in [-0.15, -0.1) is 11.3 Å². The van der Waals surface area contributed by atoms with Crippen molar-refractivity contribution in [2.75, 3.05) is 44.3 Å². The maximum atomic E-state index is 12.5. The Bertz CT molecular complexity index is 748. The van der Waals surface area contributed by atoms with Crippen molar-refractivity contribution < 1.29 is 9.53 Å². The molecule has 0 atom stereocenters. The van der Waals surface area contributed by atoms with Crippen molar-refractivity contribution >= 4 is 33.3 Å². The van der Waals surface area contributed by atoms with Crippen LogP contribution < -0.4 is 4.90 Å². The number of nitrogens with zero attached hydrogens (tertiary/aromatic N) is 4. The Morgan fingerprint density at radius 2 is 2.00 bits per heavy atom. The molecule has 4 rings (SSSR count). The first kappa shape index (κ1) is 14.8. The number of thiophene rings is 1. The first-order chi connectivity index (χ1) is 11.1. The van der Waals surface area contributed by atoms with Crippen LogP contribution >= 0.6 is 11.3 Å². The predicted octanol–water partition coefficient (Wildman–Crippen LogP) is 1.60. The molecule has 0 unspecified atom stereocenters. The minimum Gasteiger partial charge on any atom is -0.378 e. The van der Waals surface area contributed by atoms with E-state index in [9.17, 15) is 4.79 Å². The molecule has 0 N–H and O–H groups in total. The van der Waals surface area contributed by atoms with Crippen LogP contribution in [-0.4, -0.2) is 60.2 Å². The lowest BCUT2D eigenvalue weighted by molar-refractivity contribution is -0.140. The van der Waals surface area contributed by atoms with E-state index in [4.69, 9.17) is 4.74 Å². The number of carbonyl (C=O) groups excluding carboxylic acids is 1. The van der Waals surface area contributed by atoms with E-state index in [1.807, 2.05) is 4.90 Å². The Kier molecular flexibility index (Phi) is 3.69. The molecular formula is C16H20N4O2S. The van der Waals surface area contributed by atoms with E-state index in [2.05, 4.69) is 28.7 Å². The fraction of sp³-hybridized carbons (Fsp3) is 0.562. The van der Waals surface area contributed by atoms with E-state index in [-0.39, 0.29) is 11.8 Å². The van der Waals surface area contributed by atoms with E-state index in [0.717, 1.165) is 42.2 Å². The highest BCUT2D eigenvalue weighted by molar-refractivity contribution is 7.18. The molecule has 0 bridgehead atoms. The lowest BCUT2D eigenvalue weighted by Crippen LogP contribution is -2.56. The maximum absolute atomic E-state index is 12.5. The van der Waals surface area contributed by atoms with Crippen LogP contribution in [0, 0.1) is 19.8 Å². The number of ether oxygens (including phenoxy) is 1. The molecule has 2 saturated heterocycles. The summed E-state index contributed by atoms with van der Waals surface area (Å²) < 4.78 is 5.32. The highest BCUT2D eigenvalue weighted by atomic mass is 32.1. The Hall–Kier alpha value is -1.73. The van der Waals surface area contributed by atoms with Crippen molar-refractivity contribution in [1.82, 2.24) is 14.9 Å². The number of morpholine rings is 1. The molecule has 2 aromatic rings. The van der Waals surface area contributed by atoms with Gasteiger partial charge in [0.2, 0.25) is 5.91 Å². The number of carbonyl (C=O) groups is 1. The SMILES string of the molecule is Cc1sc2ncnc(N3CC(C(=O)N4CCOCC4)C3)c2c1C. The fourth-order valence-corrected chi connectivity index (χ4v) is 4.24. The van der Waals surface area contributed by atoms with Gasteiger partial charge in [-0.3, -0.25) is 4.79 Å². The van der Waals surface area contributed by atoms with Crippen LogP contribution in [0.1, 0.15) is 10.4 Å². The highest BCUT2D eigenvalue weighted by Gasteiger charge is 2.37. The number of aryl methyl sites for hydroxylation is 2. The van der Waals surface area contributed by atoms with Crippen molar-refractivity contribution in [1.29, 1.82) is 0 Å². The summed E-state index contributed by atoms with van der Waals surface area (Å²) in [6.45, 7) is 8.48. The second-order valence-corrected chi connectivity index (χ2v) is 7.40. The van der Waals surface area contributed by atoms with Crippen LogP contribution in [0.15, 0.2) is 6.33 Å². The van der Waals surface area contributed by atoms with Crippen molar-refractivity contribution in [3.8, 4) is 0 Å². The normalized spacial score (nSPS) is 19.2. The van der Waals surface area contributed by atoms with E-state index < -0.39 is 0 Å². The lowest BCUT2D eigenvalue weighted by Gasteiger charge is -2.42. The summed E-state index contributed by atoms with van der Waals surface area (Å²) in [5.41, 5.74) is 1.25. The topological polar surface area (TPSA) is 58.6 Å². The van der Waals surface area contributed by atoms with Crippen LogP contribution in [0.5, 0.6) is 0 Å². The largest absolute Gasteiger partial charge is 0.378 e. The number of aromatic nitrogens is 2. The third-order valence-corrected chi connectivity index (χ3v) is 5.91.